The van der Waals surface area contributed by atoms with Crippen molar-refractivity contribution in [3.8, 4) is 0 Å². The van der Waals surface area contributed by atoms with Gasteiger partial charge < -0.3 is 5.73 Å². The normalized spacial score (nSPS) is 13.4. The molecule has 8 heteroatoms. The van der Waals surface area contributed by atoms with E-state index in [-0.39, 0.29) is 29.1 Å². The zero-order chi connectivity index (χ0) is 15.5. The lowest BCUT2D eigenvalue weighted by Gasteiger charge is -2.16. The maximum atomic E-state index is 12.1. The average Bonchev–Trinajstić information content (AvgIpc) is 2.35. The van der Waals surface area contributed by atoms with Crippen LogP contribution in [0.5, 0.6) is 0 Å². The van der Waals surface area contributed by atoms with Crippen LogP contribution in [0.2, 0.25) is 0 Å². The van der Waals surface area contributed by atoms with Crippen LogP contribution in [0.1, 0.15) is 19.4 Å². The minimum Gasteiger partial charge on any atom is -0.326 e. The van der Waals surface area contributed by atoms with Crippen LogP contribution in [0.15, 0.2) is 23.1 Å². The van der Waals surface area contributed by atoms with E-state index in [0.29, 0.717) is 5.56 Å². The van der Waals surface area contributed by atoms with Crippen molar-refractivity contribution in [2.45, 2.75) is 31.7 Å². The van der Waals surface area contributed by atoms with E-state index in [0.717, 1.165) is 6.07 Å². The summed E-state index contributed by atoms with van der Waals surface area (Å²) in [7, 11) is -3.80. The SMILES string of the molecule is Cc1ccc(S(=O)(=O)NCC(N)C(C)C)cc1[N+](=O)[O-]. The number of nitrogens with one attached hydrogen (secondary N) is 1. The molecule has 0 amide bonds. The van der Waals surface area contributed by atoms with Gasteiger partial charge in [0.05, 0.1) is 9.82 Å². The summed E-state index contributed by atoms with van der Waals surface area (Å²) >= 11 is 0. The van der Waals surface area contributed by atoms with Gasteiger partial charge in [0.25, 0.3) is 5.69 Å². The number of nitro groups is 1. The van der Waals surface area contributed by atoms with Crippen LogP contribution >= 0.6 is 0 Å². The van der Waals surface area contributed by atoms with Gasteiger partial charge >= 0.3 is 0 Å². The lowest BCUT2D eigenvalue weighted by molar-refractivity contribution is -0.385. The van der Waals surface area contributed by atoms with Crippen molar-refractivity contribution in [1.82, 2.24) is 4.72 Å². The molecule has 1 rings (SSSR count). The van der Waals surface area contributed by atoms with Gasteiger partial charge in [-0.2, -0.15) is 0 Å². The van der Waals surface area contributed by atoms with Crippen LogP contribution in [0.3, 0.4) is 0 Å². The summed E-state index contributed by atoms with van der Waals surface area (Å²) in [5.74, 6) is 0.130. The first-order valence-electron chi connectivity index (χ1n) is 6.15. The van der Waals surface area contributed by atoms with Crippen LogP contribution in [0, 0.1) is 23.0 Å². The minimum absolute atomic E-state index is 0.0850. The number of hydrogen-bond acceptors (Lipinski definition) is 5. The Hall–Kier alpha value is -1.51. The van der Waals surface area contributed by atoms with Crippen molar-refractivity contribution in [3.05, 3.63) is 33.9 Å². The number of nitrogens with two attached hydrogens (primary N) is 1. The lowest BCUT2D eigenvalue weighted by Crippen LogP contribution is -2.40. The largest absolute Gasteiger partial charge is 0.326 e. The Balaban J connectivity index is 2.99. The van der Waals surface area contributed by atoms with Gasteiger partial charge in [-0.25, -0.2) is 13.1 Å². The summed E-state index contributed by atoms with van der Waals surface area (Å²) in [4.78, 5) is 10.1. The first-order valence-corrected chi connectivity index (χ1v) is 7.63. The Morgan fingerprint density at radius 2 is 2.00 bits per heavy atom. The summed E-state index contributed by atoms with van der Waals surface area (Å²) in [6.07, 6.45) is 0. The molecule has 0 spiro atoms. The fraction of sp³-hybridized carbons (Fsp3) is 0.500. The first-order chi connectivity index (χ1) is 9.15. The number of nitro benzene ring substituents is 1. The highest BCUT2D eigenvalue weighted by Gasteiger charge is 2.20. The maximum Gasteiger partial charge on any atom is 0.273 e. The number of hydrogen-bond donors (Lipinski definition) is 2. The quantitative estimate of drug-likeness (QED) is 0.604. The molecule has 20 heavy (non-hydrogen) atoms. The van der Waals surface area contributed by atoms with E-state index in [9.17, 15) is 18.5 Å². The molecular formula is C12H19N3O4S. The fourth-order valence-corrected chi connectivity index (χ4v) is 2.57. The molecule has 1 atom stereocenters. The maximum absolute atomic E-state index is 12.1. The highest BCUT2D eigenvalue weighted by Crippen LogP contribution is 2.22. The van der Waals surface area contributed by atoms with Gasteiger partial charge in [0.15, 0.2) is 0 Å². The Morgan fingerprint density at radius 1 is 1.40 bits per heavy atom. The van der Waals surface area contributed by atoms with E-state index >= 15 is 0 Å². The van der Waals surface area contributed by atoms with E-state index in [2.05, 4.69) is 4.72 Å². The van der Waals surface area contributed by atoms with Crippen molar-refractivity contribution >= 4 is 15.7 Å². The molecule has 1 aromatic rings. The molecule has 0 fully saturated rings. The van der Waals surface area contributed by atoms with Gasteiger partial charge in [-0.3, -0.25) is 10.1 Å². The fourth-order valence-electron chi connectivity index (χ4n) is 1.48. The van der Waals surface area contributed by atoms with Crippen LogP contribution in [-0.2, 0) is 10.0 Å². The Kier molecular flexibility index (Phi) is 5.21. The van der Waals surface area contributed by atoms with E-state index < -0.39 is 14.9 Å². The summed E-state index contributed by atoms with van der Waals surface area (Å²) in [5.41, 5.74) is 5.96. The summed E-state index contributed by atoms with van der Waals surface area (Å²) in [5, 5.41) is 10.8. The number of nitrogens with zero attached hydrogens (tertiary/aromatic N) is 1. The van der Waals surface area contributed by atoms with Gasteiger partial charge in [0, 0.05) is 24.2 Å². The standard InChI is InChI=1S/C12H19N3O4S/c1-8(2)11(13)7-14-20(18,19)10-5-4-9(3)12(6-10)15(16)17/h4-6,8,11,14H,7,13H2,1-3H3. The Bertz CT molecular complexity index is 599. The van der Waals surface area contributed by atoms with Crippen molar-refractivity contribution < 1.29 is 13.3 Å². The van der Waals surface area contributed by atoms with E-state index in [1.54, 1.807) is 6.92 Å². The summed E-state index contributed by atoms with van der Waals surface area (Å²) in [6.45, 7) is 5.41. The molecule has 0 radical (unpaired) electrons. The molecule has 0 bridgehead atoms. The van der Waals surface area contributed by atoms with E-state index in [1.807, 2.05) is 13.8 Å². The molecule has 0 aromatic heterocycles. The second kappa shape index (κ2) is 6.29. The molecule has 0 heterocycles. The molecule has 0 aliphatic rings. The molecule has 112 valence electrons. The smallest absolute Gasteiger partial charge is 0.273 e. The van der Waals surface area contributed by atoms with E-state index in [1.165, 1.54) is 12.1 Å². The van der Waals surface area contributed by atoms with Crippen molar-refractivity contribution in [1.29, 1.82) is 0 Å². The third kappa shape index (κ3) is 3.99. The number of benzene rings is 1. The van der Waals surface area contributed by atoms with E-state index in [4.69, 9.17) is 5.73 Å². The molecule has 7 nitrogen and oxygen atoms in total. The molecule has 0 saturated carbocycles. The molecule has 0 saturated heterocycles. The second-order valence-corrected chi connectivity index (χ2v) is 6.73. The van der Waals surface area contributed by atoms with Gasteiger partial charge in [-0.05, 0) is 18.9 Å². The highest BCUT2D eigenvalue weighted by atomic mass is 32.2. The van der Waals surface area contributed by atoms with Crippen LogP contribution in [0.25, 0.3) is 0 Å². The monoisotopic (exact) mass is 301 g/mol. The van der Waals surface area contributed by atoms with Crippen LogP contribution in [0.4, 0.5) is 5.69 Å². The Labute approximate surface area is 118 Å². The van der Waals surface area contributed by atoms with Crippen molar-refractivity contribution in [2.75, 3.05) is 6.54 Å². The molecule has 0 aliphatic carbocycles. The zero-order valence-electron chi connectivity index (χ0n) is 11.7. The second-order valence-electron chi connectivity index (χ2n) is 4.97. The lowest BCUT2D eigenvalue weighted by atomic mass is 10.1. The summed E-state index contributed by atoms with van der Waals surface area (Å²) < 4.78 is 26.5. The third-order valence-corrected chi connectivity index (χ3v) is 4.47. The number of sulfonamides is 1. The minimum atomic E-state index is -3.80. The first kappa shape index (κ1) is 16.5. The molecule has 3 N–H and O–H groups in total. The average molecular weight is 301 g/mol. The van der Waals surface area contributed by atoms with Gasteiger partial charge in [-0.15, -0.1) is 0 Å². The van der Waals surface area contributed by atoms with Gasteiger partial charge in [0.2, 0.25) is 10.0 Å². The topological polar surface area (TPSA) is 115 Å². The molecule has 1 aromatic carbocycles. The predicted octanol–water partition coefficient (Wildman–Crippen LogP) is 1.16. The molecule has 0 aliphatic heterocycles. The predicted molar refractivity (Wildman–Crippen MR) is 75.8 cm³/mol. The van der Waals surface area contributed by atoms with Crippen LogP contribution in [-0.4, -0.2) is 25.9 Å². The van der Waals surface area contributed by atoms with Crippen molar-refractivity contribution in [2.24, 2.45) is 11.7 Å². The van der Waals surface area contributed by atoms with Crippen LogP contribution < -0.4 is 10.5 Å². The Morgan fingerprint density at radius 3 is 2.50 bits per heavy atom. The highest BCUT2D eigenvalue weighted by molar-refractivity contribution is 7.89. The molecular weight excluding hydrogens is 282 g/mol. The third-order valence-electron chi connectivity index (χ3n) is 3.05. The zero-order valence-corrected chi connectivity index (χ0v) is 12.5. The van der Waals surface area contributed by atoms with Gasteiger partial charge in [0.1, 0.15) is 0 Å². The number of aryl methyl sites for hydroxylation is 1. The number of rotatable bonds is 6. The van der Waals surface area contributed by atoms with Crippen molar-refractivity contribution in [3.63, 3.8) is 0 Å². The van der Waals surface area contributed by atoms with Gasteiger partial charge in [-0.1, -0.05) is 19.9 Å². The molecule has 1 unspecified atom stereocenters. The summed E-state index contributed by atoms with van der Waals surface area (Å²) in [6, 6.07) is 3.49.